The summed E-state index contributed by atoms with van der Waals surface area (Å²) in [6.45, 7) is 1.83. The van der Waals surface area contributed by atoms with E-state index in [9.17, 15) is 14.9 Å². The zero-order chi connectivity index (χ0) is 18.4. The van der Waals surface area contributed by atoms with Crippen LogP contribution in [0.5, 0.6) is 0 Å². The van der Waals surface area contributed by atoms with Gasteiger partial charge in [-0.2, -0.15) is 0 Å². The SMILES string of the molecule is Cc1c(Cl)cccc1NC(=S)NC(=O)/C=C/c1cccc([N+](=O)[O-])c1. The summed E-state index contributed by atoms with van der Waals surface area (Å²) >= 11 is 11.1. The summed E-state index contributed by atoms with van der Waals surface area (Å²) < 4.78 is 0. The number of nitrogens with one attached hydrogen (secondary N) is 2. The van der Waals surface area contributed by atoms with Gasteiger partial charge in [0.05, 0.1) is 4.92 Å². The van der Waals surface area contributed by atoms with Crippen molar-refractivity contribution in [2.24, 2.45) is 0 Å². The fourth-order valence-corrected chi connectivity index (χ4v) is 2.35. The van der Waals surface area contributed by atoms with Crippen molar-refractivity contribution in [2.75, 3.05) is 5.32 Å². The number of nitro groups is 1. The minimum atomic E-state index is -0.496. The fourth-order valence-electron chi connectivity index (χ4n) is 1.96. The number of nitro benzene ring substituents is 1. The van der Waals surface area contributed by atoms with E-state index in [1.807, 2.05) is 6.92 Å². The topological polar surface area (TPSA) is 84.3 Å². The van der Waals surface area contributed by atoms with Gasteiger partial charge in [0, 0.05) is 28.9 Å². The molecule has 2 N–H and O–H groups in total. The van der Waals surface area contributed by atoms with Gasteiger partial charge in [-0.05, 0) is 48.5 Å². The van der Waals surface area contributed by atoms with Crippen LogP contribution < -0.4 is 10.6 Å². The molecule has 0 bridgehead atoms. The number of rotatable bonds is 4. The molecule has 2 aromatic rings. The minimum absolute atomic E-state index is 0.0452. The maximum atomic E-state index is 11.9. The smallest absolute Gasteiger partial charge is 0.270 e. The molecule has 0 aromatic heterocycles. The third kappa shape index (κ3) is 5.37. The molecule has 8 heteroatoms. The molecule has 0 unspecified atom stereocenters. The van der Waals surface area contributed by atoms with Crippen LogP contribution in [0.4, 0.5) is 11.4 Å². The predicted octanol–water partition coefficient (Wildman–Crippen LogP) is 4.08. The van der Waals surface area contributed by atoms with Crippen LogP contribution in [0.2, 0.25) is 5.02 Å². The zero-order valence-corrected chi connectivity index (χ0v) is 14.7. The van der Waals surface area contributed by atoms with E-state index in [1.54, 1.807) is 30.3 Å². The Kier molecular flexibility index (Phi) is 6.21. The summed E-state index contributed by atoms with van der Waals surface area (Å²) in [6.07, 6.45) is 2.72. The van der Waals surface area contributed by atoms with Gasteiger partial charge in [-0.1, -0.05) is 29.8 Å². The monoisotopic (exact) mass is 375 g/mol. The molecule has 0 aliphatic heterocycles. The van der Waals surface area contributed by atoms with E-state index in [0.717, 1.165) is 5.56 Å². The summed E-state index contributed by atoms with van der Waals surface area (Å²) in [7, 11) is 0. The number of halogens is 1. The van der Waals surface area contributed by atoms with E-state index in [0.29, 0.717) is 16.3 Å². The normalized spacial score (nSPS) is 10.5. The quantitative estimate of drug-likeness (QED) is 0.364. The van der Waals surface area contributed by atoms with Crippen LogP contribution in [-0.2, 0) is 4.79 Å². The molecular weight excluding hydrogens is 362 g/mol. The number of hydrogen-bond donors (Lipinski definition) is 2. The number of nitrogens with zero attached hydrogens (tertiary/aromatic N) is 1. The van der Waals surface area contributed by atoms with Gasteiger partial charge in [-0.15, -0.1) is 0 Å². The lowest BCUT2D eigenvalue weighted by molar-refractivity contribution is -0.384. The van der Waals surface area contributed by atoms with Crippen molar-refractivity contribution in [2.45, 2.75) is 6.92 Å². The second kappa shape index (κ2) is 8.36. The number of carbonyl (C=O) groups excluding carboxylic acids is 1. The van der Waals surface area contributed by atoms with Crippen molar-refractivity contribution < 1.29 is 9.72 Å². The first-order chi connectivity index (χ1) is 11.9. The van der Waals surface area contributed by atoms with Crippen LogP contribution in [-0.4, -0.2) is 15.9 Å². The number of non-ortho nitro benzene ring substituents is 1. The number of amides is 1. The Balaban J connectivity index is 1.97. The molecule has 2 aromatic carbocycles. The molecule has 128 valence electrons. The van der Waals surface area contributed by atoms with Crippen LogP contribution in [0.15, 0.2) is 48.5 Å². The van der Waals surface area contributed by atoms with Gasteiger partial charge in [0.25, 0.3) is 5.69 Å². The largest absolute Gasteiger partial charge is 0.332 e. The van der Waals surface area contributed by atoms with E-state index in [4.69, 9.17) is 23.8 Å². The van der Waals surface area contributed by atoms with E-state index < -0.39 is 10.8 Å². The lowest BCUT2D eigenvalue weighted by Crippen LogP contribution is -2.33. The molecule has 0 aliphatic carbocycles. The van der Waals surface area contributed by atoms with Crippen molar-refractivity contribution >= 4 is 52.3 Å². The highest BCUT2D eigenvalue weighted by Crippen LogP contribution is 2.22. The van der Waals surface area contributed by atoms with Gasteiger partial charge < -0.3 is 5.32 Å². The lowest BCUT2D eigenvalue weighted by Gasteiger charge is -2.11. The Morgan fingerprint density at radius 1 is 1.28 bits per heavy atom. The fraction of sp³-hybridized carbons (Fsp3) is 0.0588. The van der Waals surface area contributed by atoms with Crippen molar-refractivity contribution in [3.05, 3.63) is 74.8 Å². The summed E-state index contributed by atoms with van der Waals surface area (Å²) in [5.41, 5.74) is 2.00. The summed E-state index contributed by atoms with van der Waals surface area (Å²) in [6, 6.07) is 11.3. The molecule has 25 heavy (non-hydrogen) atoms. The maximum absolute atomic E-state index is 11.9. The third-order valence-corrected chi connectivity index (χ3v) is 3.87. The van der Waals surface area contributed by atoms with Crippen LogP contribution in [0, 0.1) is 17.0 Å². The minimum Gasteiger partial charge on any atom is -0.332 e. The average Bonchev–Trinajstić information content (AvgIpc) is 2.57. The molecule has 1 amide bonds. The molecule has 0 radical (unpaired) electrons. The number of hydrogen-bond acceptors (Lipinski definition) is 4. The second-order valence-electron chi connectivity index (χ2n) is 5.04. The predicted molar refractivity (Wildman–Crippen MR) is 103 cm³/mol. The standard InChI is InChI=1S/C17H14ClN3O3S/c1-11-14(18)6-3-7-15(11)19-17(25)20-16(22)9-8-12-4-2-5-13(10-12)21(23)24/h2-10H,1H3,(H2,19,20,22,25)/b9-8+. The van der Waals surface area contributed by atoms with Gasteiger partial charge in [0.15, 0.2) is 5.11 Å². The van der Waals surface area contributed by atoms with Crippen molar-refractivity contribution in [3.63, 3.8) is 0 Å². The highest BCUT2D eigenvalue weighted by Gasteiger charge is 2.07. The second-order valence-corrected chi connectivity index (χ2v) is 5.86. The summed E-state index contributed by atoms with van der Waals surface area (Å²) in [5, 5.41) is 16.8. The molecule has 2 rings (SSSR count). The molecule has 0 aliphatic rings. The van der Waals surface area contributed by atoms with Crippen LogP contribution >= 0.6 is 23.8 Å². The van der Waals surface area contributed by atoms with Gasteiger partial charge in [0.2, 0.25) is 5.91 Å². The molecule has 0 spiro atoms. The van der Waals surface area contributed by atoms with Crippen LogP contribution in [0.25, 0.3) is 6.08 Å². The Labute approximate surface area is 154 Å². The van der Waals surface area contributed by atoms with Gasteiger partial charge in [-0.25, -0.2) is 0 Å². The highest BCUT2D eigenvalue weighted by atomic mass is 35.5. The molecule has 0 heterocycles. The first kappa shape index (κ1) is 18.6. The number of benzene rings is 2. The van der Waals surface area contributed by atoms with E-state index in [1.165, 1.54) is 24.3 Å². The van der Waals surface area contributed by atoms with E-state index in [-0.39, 0.29) is 10.8 Å². The summed E-state index contributed by atoms with van der Waals surface area (Å²) in [5.74, 6) is -0.455. The van der Waals surface area contributed by atoms with Crippen molar-refractivity contribution in [1.82, 2.24) is 5.32 Å². The van der Waals surface area contributed by atoms with Crippen LogP contribution in [0.3, 0.4) is 0 Å². The number of thiocarbonyl (C=S) groups is 1. The van der Waals surface area contributed by atoms with Gasteiger partial charge in [-0.3, -0.25) is 20.2 Å². The van der Waals surface area contributed by atoms with E-state index in [2.05, 4.69) is 10.6 Å². The summed E-state index contributed by atoms with van der Waals surface area (Å²) in [4.78, 5) is 22.1. The molecule has 6 nitrogen and oxygen atoms in total. The Morgan fingerprint density at radius 2 is 2.00 bits per heavy atom. The molecule has 0 fully saturated rings. The van der Waals surface area contributed by atoms with Gasteiger partial charge in [0.1, 0.15) is 0 Å². The maximum Gasteiger partial charge on any atom is 0.270 e. The first-order valence-electron chi connectivity index (χ1n) is 7.16. The van der Waals surface area contributed by atoms with Crippen molar-refractivity contribution in [3.8, 4) is 0 Å². The number of anilines is 1. The molecule has 0 saturated carbocycles. The Hall–Kier alpha value is -2.77. The van der Waals surface area contributed by atoms with Crippen molar-refractivity contribution in [1.29, 1.82) is 0 Å². The lowest BCUT2D eigenvalue weighted by atomic mass is 10.2. The third-order valence-electron chi connectivity index (χ3n) is 3.26. The first-order valence-corrected chi connectivity index (χ1v) is 7.95. The molecule has 0 atom stereocenters. The van der Waals surface area contributed by atoms with Gasteiger partial charge >= 0.3 is 0 Å². The molecule has 0 saturated heterocycles. The van der Waals surface area contributed by atoms with Crippen LogP contribution in [0.1, 0.15) is 11.1 Å². The average molecular weight is 376 g/mol. The number of carbonyl (C=O) groups is 1. The highest BCUT2D eigenvalue weighted by molar-refractivity contribution is 7.80. The molecular formula is C17H14ClN3O3S. The van der Waals surface area contributed by atoms with E-state index >= 15 is 0 Å². The zero-order valence-electron chi connectivity index (χ0n) is 13.2. The Morgan fingerprint density at radius 3 is 2.72 bits per heavy atom. The Bertz CT molecular complexity index is 868.